The van der Waals surface area contributed by atoms with Crippen LogP contribution in [0.2, 0.25) is 0 Å². The molecule has 0 heterocycles. The van der Waals surface area contributed by atoms with Crippen LogP contribution < -0.4 is 19.5 Å². The van der Waals surface area contributed by atoms with Crippen LogP contribution in [0.15, 0.2) is 103 Å². The number of hydrogen-bond donors (Lipinski definition) is 3. The quantitative estimate of drug-likeness (QED) is 0.203. The molecule has 0 aromatic heterocycles. The zero-order chi connectivity index (χ0) is 29.0. The van der Waals surface area contributed by atoms with Crippen molar-refractivity contribution in [1.29, 1.82) is 0 Å². The van der Waals surface area contributed by atoms with Crippen LogP contribution in [0.4, 0.5) is 4.79 Å². The van der Waals surface area contributed by atoms with E-state index in [-0.39, 0.29) is 25.4 Å². The van der Waals surface area contributed by atoms with E-state index in [0.717, 1.165) is 11.1 Å². The zero-order valence-corrected chi connectivity index (χ0v) is 22.4. The maximum absolute atomic E-state index is 12.5. The third-order valence-corrected chi connectivity index (χ3v) is 6.19. The molecule has 4 aromatic rings. The Bertz CT molecular complexity index is 1430. The van der Waals surface area contributed by atoms with Gasteiger partial charge in [0, 0.05) is 5.56 Å². The number of carbonyl (C=O) groups excluding carboxylic acids is 1. The molecule has 0 aliphatic rings. The summed E-state index contributed by atoms with van der Waals surface area (Å²) in [6.07, 6.45) is -2.63. The zero-order valence-electron chi connectivity index (χ0n) is 22.4. The summed E-state index contributed by atoms with van der Waals surface area (Å²) in [5, 5.41) is 23.0. The van der Waals surface area contributed by atoms with Crippen molar-refractivity contribution in [2.24, 2.45) is 0 Å². The maximum atomic E-state index is 12.5. The first-order valence-corrected chi connectivity index (χ1v) is 12.9. The minimum Gasteiger partial charge on any atom is -0.496 e. The molecule has 0 spiro atoms. The topological polar surface area (TPSA) is 124 Å². The number of aliphatic carboxylic acids is 1. The van der Waals surface area contributed by atoms with Crippen molar-refractivity contribution in [1.82, 2.24) is 5.32 Å². The fraction of sp³-hybridized carbons (Fsp3) is 0.188. The number of rotatable bonds is 13. The predicted molar refractivity (Wildman–Crippen MR) is 151 cm³/mol. The van der Waals surface area contributed by atoms with E-state index in [0.29, 0.717) is 22.8 Å². The first kappa shape index (κ1) is 29.0. The molecule has 41 heavy (non-hydrogen) atoms. The van der Waals surface area contributed by atoms with Crippen LogP contribution in [0.1, 0.15) is 28.4 Å². The second-order valence-electron chi connectivity index (χ2n) is 9.05. The monoisotopic (exact) mass is 557 g/mol. The minimum absolute atomic E-state index is 0.150. The van der Waals surface area contributed by atoms with Gasteiger partial charge in [0.25, 0.3) is 0 Å². The molecule has 0 bridgehead atoms. The Morgan fingerprint density at radius 1 is 0.732 bits per heavy atom. The SMILES string of the molecule is COc1ccccc1COC(=O)N[C@H](C(=O)O)C(O)c1ccc(OCc2ccccc2)c(OCc2ccccc2)c1. The molecule has 9 heteroatoms. The van der Waals surface area contributed by atoms with Crippen LogP contribution in [-0.4, -0.2) is 35.4 Å². The van der Waals surface area contributed by atoms with Gasteiger partial charge in [-0.2, -0.15) is 0 Å². The van der Waals surface area contributed by atoms with Gasteiger partial charge in [0.2, 0.25) is 0 Å². The molecule has 1 unspecified atom stereocenters. The normalized spacial score (nSPS) is 12.0. The number of ether oxygens (including phenoxy) is 4. The van der Waals surface area contributed by atoms with Crippen molar-refractivity contribution in [2.45, 2.75) is 32.0 Å². The van der Waals surface area contributed by atoms with E-state index in [9.17, 15) is 19.8 Å². The van der Waals surface area contributed by atoms with E-state index < -0.39 is 24.2 Å². The van der Waals surface area contributed by atoms with E-state index in [1.54, 1.807) is 30.3 Å². The van der Waals surface area contributed by atoms with Crippen LogP contribution in [0, 0.1) is 0 Å². The van der Waals surface area contributed by atoms with E-state index in [4.69, 9.17) is 18.9 Å². The number of hydrogen-bond acceptors (Lipinski definition) is 7. The fourth-order valence-corrected chi connectivity index (χ4v) is 4.01. The highest BCUT2D eigenvalue weighted by Crippen LogP contribution is 2.33. The molecule has 0 saturated carbocycles. The van der Waals surface area contributed by atoms with Crippen LogP contribution in [0.5, 0.6) is 17.2 Å². The first-order valence-electron chi connectivity index (χ1n) is 12.9. The number of carboxylic acids is 1. The Hall–Kier alpha value is -5.02. The molecule has 1 amide bonds. The van der Waals surface area contributed by atoms with Crippen molar-refractivity contribution >= 4 is 12.1 Å². The lowest BCUT2D eigenvalue weighted by Gasteiger charge is -2.22. The second-order valence-corrected chi connectivity index (χ2v) is 9.05. The predicted octanol–water partition coefficient (Wildman–Crippen LogP) is 5.27. The number of nitrogens with one attached hydrogen (secondary N) is 1. The smallest absolute Gasteiger partial charge is 0.408 e. The van der Waals surface area contributed by atoms with Gasteiger partial charge >= 0.3 is 12.1 Å². The number of para-hydroxylation sites is 1. The molecule has 4 aromatic carbocycles. The van der Waals surface area contributed by atoms with Gasteiger partial charge in [-0.25, -0.2) is 9.59 Å². The third-order valence-electron chi connectivity index (χ3n) is 6.19. The molecule has 0 saturated heterocycles. The maximum Gasteiger partial charge on any atom is 0.408 e. The van der Waals surface area contributed by atoms with Crippen LogP contribution in [0.3, 0.4) is 0 Å². The number of carboxylic acid groups (broad SMARTS) is 1. The van der Waals surface area contributed by atoms with Gasteiger partial charge in [-0.3, -0.25) is 0 Å². The van der Waals surface area contributed by atoms with Gasteiger partial charge in [-0.1, -0.05) is 84.9 Å². The third kappa shape index (κ3) is 8.23. The van der Waals surface area contributed by atoms with E-state index in [1.165, 1.54) is 19.2 Å². The highest BCUT2D eigenvalue weighted by molar-refractivity contribution is 5.80. The number of carbonyl (C=O) groups is 2. The van der Waals surface area contributed by atoms with Crippen LogP contribution in [-0.2, 0) is 29.4 Å². The Morgan fingerprint density at radius 3 is 1.93 bits per heavy atom. The summed E-state index contributed by atoms with van der Waals surface area (Å²) >= 11 is 0. The molecular formula is C32H31NO8. The molecule has 3 N–H and O–H groups in total. The number of aliphatic hydroxyl groups is 1. The highest BCUT2D eigenvalue weighted by Gasteiger charge is 2.31. The summed E-state index contributed by atoms with van der Waals surface area (Å²) < 4.78 is 22.4. The minimum atomic E-state index is -1.70. The molecule has 212 valence electrons. The largest absolute Gasteiger partial charge is 0.496 e. The van der Waals surface area contributed by atoms with Gasteiger partial charge in [0.15, 0.2) is 17.5 Å². The van der Waals surface area contributed by atoms with Crippen molar-refractivity contribution < 1.29 is 38.7 Å². The summed E-state index contributed by atoms with van der Waals surface area (Å²) in [6, 6.07) is 29.0. The Kier molecular flexibility index (Phi) is 10.2. The lowest BCUT2D eigenvalue weighted by atomic mass is 10.0. The molecule has 2 atom stereocenters. The lowest BCUT2D eigenvalue weighted by molar-refractivity contribution is -0.142. The number of amides is 1. The molecule has 0 fully saturated rings. The lowest BCUT2D eigenvalue weighted by Crippen LogP contribution is -2.45. The Balaban J connectivity index is 1.49. The summed E-state index contributed by atoms with van der Waals surface area (Å²) in [6.45, 7) is 0.350. The van der Waals surface area contributed by atoms with Crippen molar-refractivity contribution in [2.75, 3.05) is 7.11 Å². The molecule has 0 aliphatic heterocycles. The van der Waals surface area contributed by atoms with Crippen molar-refractivity contribution in [3.05, 3.63) is 125 Å². The standard InChI is InChI=1S/C32H31NO8/c1-38-26-15-9-8-14-25(26)21-41-32(37)33-29(31(35)36)30(34)24-16-17-27(39-19-22-10-4-2-5-11-22)28(18-24)40-20-23-12-6-3-7-13-23/h2-18,29-30,34H,19-21H2,1H3,(H,33,37)(H,35,36)/t29-,30?/m0/s1. The van der Waals surface area contributed by atoms with Crippen molar-refractivity contribution in [3.63, 3.8) is 0 Å². The van der Waals surface area contributed by atoms with E-state index in [1.807, 2.05) is 60.7 Å². The van der Waals surface area contributed by atoms with Gasteiger partial charge < -0.3 is 34.5 Å². The number of methoxy groups -OCH3 is 1. The molecule has 9 nitrogen and oxygen atoms in total. The fourth-order valence-electron chi connectivity index (χ4n) is 4.01. The van der Waals surface area contributed by atoms with Gasteiger partial charge in [-0.05, 0) is 34.9 Å². The Labute approximate surface area is 237 Å². The van der Waals surface area contributed by atoms with Crippen LogP contribution >= 0.6 is 0 Å². The molecule has 0 radical (unpaired) electrons. The average molecular weight is 558 g/mol. The summed E-state index contributed by atoms with van der Waals surface area (Å²) in [5.41, 5.74) is 2.67. The first-order chi connectivity index (χ1) is 19.9. The number of aliphatic hydroxyl groups excluding tert-OH is 1. The Morgan fingerprint density at radius 2 is 1.32 bits per heavy atom. The van der Waals surface area contributed by atoms with Gasteiger partial charge in [0.1, 0.15) is 31.7 Å². The number of benzene rings is 4. The highest BCUT2D eigenvalue weighted by atomic mass is 16.6. The summed E-state index contributed by atoms with van der Waals surface area (Å²) in [5.74, 6) is -0.198. The molecule has 4 rings (SSSR count). The summed E-state index contributed by atoms with van der Waals surface area (Å²) in [7, 11) is 1.49. The van der Waals surface area contributed by atoms with Gasteiger partial charge in [0.05, 0.1) is 7.11 Å². The van der Waals surface area contributed by atoms with E-state index in [2.05, 4.69) is 5.32 Å². The summed E-state index contributed by atoms with van der Waals surface area (Å²) in [4.78, 5) is 24.5. The number of alkyl carbamates (subject to hydrolysis) is 1. The van der Waals surface area contributed by atoms with Crippen LogP contribution in [0.25, 0.3) is 0 Å². The average Bonchev–Trinajstić information content (AvgIpc) is 3.01. The van der Waals surface area contributed by atoms with Crippen molar-refractivity contribution in [3.8, 4) is 17.2 Å². The molecular weight excluding hydrogens is 526 g/mol. The second kappa shape index (κ2) is 14.4. The van der Waals surface area contributed by atoms with E-state index >= 15 is 0 Å². The molecule has 0 aliphatic carbocycles. The van der Waals surface area contributed by atoms with Gasteiger partial charge in [-0.15, -0.1) is 0 Å².